The molecule has 0 aromatic heterocycles. The van der Waals surface area contributed by atoms with Crippen LogP contribution < -0.4 is 21.7 Å². The second-order valence-electron chi connectivity index (χ2n) is 7.61. The highest BCUT2D eigenvalue weighted by Crippen LogP contribution is 2.21. The molecule has 4 heteroatoms. The van der Waals surface area contributed by atoms with Gasteiger partial charge in [0.25, 0.3) is 0 Å². The number of hydrogen-bond donors (Lipinski definition) is 1. The quantitative estimate of drug-likeness (QED) is 0.303. The molecule has 0 bridgehead atoms. The predicted octanol–water partition coefficient (Wildman–Crippen LogP) is 1.99. The van der Waals surface area contributed by atoms with Crippen LogP contribution in [0.15, 0.2) is 30.3 Å². The first-order valence-electron chi connectivity index (χ1n) is 9.68. The number of halogens is 1. The van der Waals surface area contributed by atoms with E-state index < -0.39 is 0 Å². The number of unbranched alkanes of at least 4 members (excludes halogenated alkanes) is 6. The number of likely N-dealkylation sites (N-methyl/N-ethyl adjacent to an activating group) is 1. The zero-order chi connectivity index (χ0) is 17.8. The third kappa shape index (κ3) is 10.9. The number of hydrogen-bond acceptors (Lipinski definition) is 2. The summed E-state index contributed by atoms with van der Waals surface area (Å²) in [6.07, 6.45) is 9.94. The summed E-state index contributed by atoms with van der Waals surface area (Å²) in [6, 6.07) is 10.1. The zero-order valence-electron chi connectivity index (χ0n) is 16.6. The van der Waals surface area contributed by atoms with Gasteiger partial charge >= 0.3 is 0 Å². The molecule has 0 aliphatic carbocycles. The van der Waals surface area contributed by atoms with Gasteiger partial charge in [0.1, 0.15) is 18.4 Å². The average Bonchev–Trinajstić information content (AvgIpc) is 2.52. The molecule has 1 aromatic carbocycles. The number of aliphatic hydroxyl groups excluding tert-OH is 1. The van der Waals surface area contributed by atoms with E-state index in [2.05, 4.69) is 21.0 Å². The highest BCUT2D eigenvalue weighted by molar-refractivity contribution is 5.21. The molecule has 0 amide bonds. The molecule has 1 N–H and O–H groups in total. The molecule has 25 heavy (non-hydrogen) atoms. The first-order chi connectivity index (χ1) is 11.5. The Balaban J connectivity index is 0.00000576. The molecule has 2 unspecified atom stereocenters. The lowest BCUT2D eigenvalue weighted by Gasteiger charge is -2.38. The molecule has 0 spiro atoms. The average molecular weight is 416 g/mol. The van der Waals surface area contributed by atoms with Gasteiger partial charge in [0.05, 0.1) is 14.1 Å². The van der Waals surface area contributed by atoms with Gasteiger partial charge in [-0.2, -0.15) is 0 Å². The number of nitrogens with zero attached hydrogens (tertiary/aromatic N) is 1. The van der Waals surface area contributed by atoms with Crippen molar-refractivity contribution in [2.45, 2.75) is 77.5 Å². The second kappa shape index (κ2) is 13.6. The Morgan fingerprint density at radius 2 is 1.52 bits per heavy atom. The molecule has 3 nitrogen and oxygen atoms in total. The number of ether oxygens (including phenoxy) is 1. The van der Waals surface area contributed by atoms with Crippen molar-refractivity contribution in [2.24, 2.45) is 0 Å². The molecule has 146 valence electrons. The molecule has 1 rings (SSSR count). The summed E-state index contributed by atoms with van der Waals surface area (Å²) in [5.74, 6) is 0.919. The minimum absolute atomic E-state index is 0. The van der Waals surface area contributed by atoms with Crippen molar-refractivity contribution in [3.63, 3.8) is 0 Å². The van der Waals surface area contributed by atoms with Crippen molar-refractivity contribution in [1.29, 1.82) is 0 Å². The number of rotatable bonds is 13. The van der Waals surface area contributed by atoms with Crippen molar-refractivity contribution in [3.8, 4) is 5.75 Å². The van der Waals surface area contributed by atoms with E-state index in [1.54, 1.807) is 0 Å². The van der Waals surface area contributed by atoms with Crippen LogP contribution in [0.2, 0.25) is 0 Å². The van der Waals surface area contributed by atoms with Gasteiger partial charge in [0, 0.05) is 6.42 Å². The monoisotopic (exact) mass is 415 g/mol. The standard InChI is InChI=1S/C21H38NO2.BrH/c1-5-6-7-8-9-10-14-17-21(22(3,4)18-19(2)23)24-20-15-12-11-13-16-20;/h11-13,15-16,19,21,23H,5-10,14,17-18H2,1-4H3;1H/q+1;/p-1. The molecule has 0 heterocycles. The van der Waals surface area contributed by atoms with E-state index in [1.165, 1.54) is 44.9 Å². The van der Waals surface area contributed by atoms with Crippen LogP contribution in [0.3, 0.4) is 0 Å². The smallest absolute Gasteiger partial charge is 0.233 e. The van der Waals surface area contributed by atoms with E-state index >= 15 is 0 Å². The molecular weight excluding hydrogens is 378 g/mol. The normalized spacial score (nSPS) is 13.8. The van der Waals surface area contributed by atoms with E-state index in [4.69, 9.17) is 4.74 Å². The fourth-order valence-corrected chi connectivity index (χ4v) is 3.28. The number of para-hydroxylation sites is 1. The first kappa shape index (κ1) is 24.4. The summed E-state index contributed by atoms with van der Waals surface area (Å²) >= 11 is 0. The van der Waals surface area contributed by atoms with E-state index in [9.17, 15) is 5.11 Å². The Morgan fingerprint density at radius 1 is 0.960 bits per heavy atom. The van der Waals surface area contributed by atoms with E-state index in [1.807, 2.05) is 37.3 Å². The van der Waals surface area contributed by atoms with Crippen LogP contribution in [0.4, 0.5) is 0 Å². The van der Waals surface area contributed by atoms with Crippen LogP contribution in [0.25, 0.3) is 0 Å². The van der Waals surface area contributed by atoms with Crippen LogP contribution in [-0.2, 0) is 0 Å². The fraction of sp³-hybridized carbons (Fsp3) is 0.714. The molecule has 0 aliphatic heterocycles. The van der Waals surface area contributed by atoms with Crippen molar-refractivity contribution >= 4 is 0 Å². The van der Waals surface area contributed by atoms with Crippen LogP contribution in [-0.4, -0.2) is 42.6 Å². The van der Waals surface area contributed by atoms with Gasteiger partial charge in [-0.15, -0.1) is 0 Å². The van der Waals surface area contributed by atoms with Crippen molar-refractivity contribution in [2.75, 3.05) is 20.6 Å². The zero-order valence-corrected chi connectivity index (χ0v) is 18.2. The van der Waals surface area contributed by atoms with Crippen molar-refractivity contribution < 1.29 is 31.3 Å². The molecule has 2 atom stereocenters. The molecule has 1 aromatic rings. The maximum Gasteiger partial charge on any atom is 0.233 e. The summed E-state index contributed by atoms with van der Waals surface area (Å²) in [6.45, 7) is 4.81. The summed E-state index contributed by atoms with van der Waals surface area (Å²) in [7, 11) is 4.31. The number of quaternary nitrogens is 1. The maximum atomic E-state index is 9.82. The topological polar surface area (TPSA) is 29.5 Å². The first-order valence-corrected chi connectivity index (χ1v) is 9.68. The van der Waals surface area contributed by atoms with Crippen LogP contribution in [0.5, 0.6) is 5.75 Å². The lowest BCUT2D eigenvalue weighted by atomic mass is 10.1. The van der Waals surface area contributed by atoms with E-state index in [-0.39, 0.29) is 29.3 Å². The second-order valence-corrected chi connectivity index (χ2v) is 7.61. The number of benzene rings is 1. The number of aliphatic hydroxyl groups is 1. The predicted molar refractivity (Wildman–Crippen MR) is 102 cm³/mol. The fourth-order valence-electron chi connectivity index (χ4n) is 3.28. The molecule has 0 saturated heterocycles. The molecule has 0 saturated carbocycles. The third-order valence-electron chi connectivity index (χ3n) is 4.58. The van der Waals surface area contributed by atoms with Crippen LogP contribution >= 0.6 is 0 Å². The van der Waals surface area contributed by atoms with Gasteiger partial charge < -0.3 is 26.8 Å². The summed E-state index contributed by atoms with van der Waals surface area (Å²) in [4.78, 5) is 0. The Hall–Kier alpha value is -0.580. The van der Waals surface area contributed by atoms with E-state index in [0.717, 1.165) is 12.2 Å². The minimum atomic E-state index is -0.323. The summed E-state index contributed by atoms with van der Waals surface area (Å²) < 4.78 is 6.97. The van der Waals surface area contributed by atoms with Gasteiger partial charge in [-0.3, -0.25) is 4.48 Å². The highest BCUT2D eigenvalue weighted by Gasteiger charge is 2.31. The van der Waals surface area contributed by atoms with Gasteiger partial charge in [0.15, 0.2) is 0 Å². The Bertz CT molecular complexity index is 423. The van der Waals surface area contributed by atoms with Crippen LogP contribution in [0.1, 0.15) is 65.2 Å². The van der Waals surface area contributed by atoms with Crippen molar-refractivity contribution in [1.82, 2.24) is 0 Å². The Labute approximate surface area is 165 Å². The van der Waals surface area contributed by atoms with Gasteiger partial charge in [0.2, 0.25) is 6.23 Å². The molecule has 0 fully saturated rings. The largest absolute Gasteiger partial charge is 1.00 e. The van der Waals surface area contributed by atoms with E-state index in [0.29, 0.717) is 11.0 Å². The highest BCUT2D eigenvalue weighted by atomic mass is 79.9. The van der Waals surface area contributed by atoms with Crippen molar-refractivity contribution in [3.05, 3.63) is 30.3 Å². The molecule has 0 radical (unpaired) electrons. The third-order valence-corrected chi connectivity index (χ3v) is 4.58. The lowest BCUT2D eigenvalue weighted by Crippen LogP contribution is -3.00. The minimum Gasteiger partial charge on any atom is -1.00 e. The lowest BCUT2D eigenvalue weighted by molar-refractivity contribution is -0.936. The molecular formula is C21H38BrNO2. The Kier molecular flexibility index (Phi) is 13.3. The van der Waals surface area contributed by atoms with Gasteiger partial charge in [-0.1, -0.05) is 63.6 Å². The SMILES string of the molecule is CCCCCCCCCC(Oc1ccccc1)[N+](C)(C)CC(C)O.[Br-]. The van der Waals surface area contributed by atoms with Gasteiger partial charge in [-0.05, 0) is 25.5 Å². The van der Waals surface area contributed by atoms with Gasteiger partial charge in [-0.25, -0.2) is 0 Å². The molecule has 0 aliphatic rings. The maximum absolute atomic E-state index is 9.82. The summed E-state index contributed by atoms with van der Waals surface area (Å²) in [5.41, 5.74) is 0. The van der Waals surface area contributed by atoms with Crippen LogP contribution in [0, 0.1) is 0 Å². The Morgan fingerprint density at radius 3 is 2.08 bits per heavy atom. The summed E-state index contributed by atoms with van der Waals surface area (Å²) in [5, 5.41) is 9.82.